The predicted molar refractivity (Wildman–Crippen MR) is 97.0 cm³/mol. The standard InChI is InChI=1S/C17H24BrF4N3/c1-10-5-6-15(23)16(19)13(10)7-11(2)25(9-17(20,21)22)12(3)14(18)8-24-4/h5-6,8,11-12,24H,7,9,23H2,1-4H3/b14-8+/t11-,12?/m1/s1. The lowest BCUT2D eigenvalue weighted by Gasteiger charge is -2.35. The Morgan fingerprint density at radius 3 is 2.48 bits per heavy atom. The molecule has 0 spiro atoms. The van der Waals surface area contributed by atoms with Gasteiger partial charge in [-0.2, -0.15) is 13.2 Å². The van der Waals surface area contributed by atoms with E-state index in [1.807, 2.05) is 0 Å². The van der Waals surface area contributed by atoms with E-state index in [4.69, 9.17) is 5.73 Å². The van der Waals surface area contributed by atoms with Gasteiger partial charge in [-0.15, -0.1) is 0 Å². The summed E-state index contributed by atoms with van der Waals surface area (Å²) in [6, 6.07) is 2.05. The lowest BCUT2D eigenvalue weighted by atomic mass is 9.98. The molecule has 0 radical (unpaired) electrons. The summed E-state index contributed by atoms with van der Waals surface area (Å²) in [5.41, 5.74) is 6.61. The van der Waals surface area contributed by atoms with E-state index in [1.54, 1.807) is 40.1 Å². The van der Waals surface area contributed by atoms with Crippen LogP contribution in [0.3, 0.4) is 0 Å². The summed E-state index contributed by atoms with van der Waals surface area (Å²) in [6.45, 7) is 3.95. The summed E-state index contributed by atoms with van der Waals surface area (Å²) in [5.74, 6) is -0.559. The maximum absolute atomic E-state index is 14.3. The maximum atomic E-state index is 14.3. The molecule has 3 N–H and O–H groups in total. The zero-order valence-corrected chi connectivity index (χ0v) is 16.3. The molecule has 2 atom stereocenters. The lowest BCUT2D eigenvalue weighted by Crippen LogP contribution is -2.47. The quantitative estimate of drug-likeness (QED) is 0.503. The molecule has 1 rings (SSSR count). The number of halogens is 5. The number of benzene rings is 1. The van der Waals surface area contributed by atoms with E-state index in [0.717, 1.165) is 0 Å². The second kappa shape index (κ2) is 8.89. The van der Waals surface area contributed by atoms with E-state index in [1.165, 1.54) is 11.0 Å². The fourth-order valence-corrected chi connectivity index (χ4v) is 3.19. The van der Waals surface area contributed by atoms with Crippen molar-refractivity contribution in [3.63, 3.8) is 0 Å². The van der Waals surface area contributed by atoms with Crippen molar-refractivity contribution in [1.29, 1.82) is 0 Å². The van der Waals surface area contributed by atoms with Crippen LogP contribution in [0.2, 0.25) is 0 Å². The van der Waals surface area contributed by atoms with Gasteiger partial charge in [0.1, 0.15) is 5.82 Å². The van der Waals surface area contributed by atoms with Gasteiger partial charge in [0.2, 0.25) is 0 Å². The van der Waals surface area contributed by atoms with Crippen LogP contribution in [-0.4, -0.2) is 36.8 Å². The van der Waals surface area contributed by atoms with E-state index in [-0.39, 0.29) is 12.1 Å². The van der Waals surface area contributed by atoms with Gasteiger partial charge < -0.3 is 11.1 Å². The minimum Gasteiger partial charge on any atom is -0.396 e. The number of anilines is 1. The molecule has 8 heteroatoms. The Balaban J connectivity index is 3.14. The molecule has 0 saturated carbocycles. The molecule has 0 heterocycles. The first-order valence-electron chi connectivity index (χ1n) is 7.86. The van der Waals surface area contributed by atoms with Gasteiger partial charge in [-0.25, -0.2) is 4.39 Å². The number of hydrogen-bond donors (Lipinski definition) is 2. The predicted octanol–water partition coefficient (Wildman–Crippen LogP) is 4.36. The third-order valence-corrected chi connectivity index (χ3v) is 5.01. The van der Waals surface area contributed by atoms with Gasteiger partial charge in [-0.3, -0.25) is 4.90 Å². The van der Waals surface area contributed by atoms with Crippen LogP contribution >= 0.6 is 15.9 Å². The third kappa shape index (κ3) is 6.18. The molecule has 3 nitrogen and oxygen atoms in total. The summed E-state index contributed by atoms with van der Waals surface area (Å²) in [6.07, 6.45) is -2.64. The summed E-state index contributed by atoms with van der Waals surface area (Å²) < 4.78 is 54.0. The molecular weight excluding hydrogens is 402 g/mol. The Kier molecular flexibility index (Phi) is 7.74. The third-order valence-electron chi connectivity index (χ3n) is 4.11. The van der Waals surface area contributed by atoms with Crippen molar-refractivity contribution in [2.24, 2.45) is 0 Å². The molecule has 0 bridgehead atoms. The molecule has 1 aromatic carbocycles. The van der Waals surface area contributed by atoms with Crippen LogP contribution < -0.4 is 11.1 Å². The summed E-state index contributed by atoms with van der Waals surface area (Å²) in [7, 11) is 1.66. The van der Waals surface area contributed by atoms with Crippen LogP contribution in [0, 0.1) is 12.7 Å². The van der Waals surface area contributed by atoms with Crippen molar-refractivity contribution in [2.45, 2.75) is 45.5 Å². The number of alkyl halides is 3. The van der Waals surface area contributed by atoms with Crippen molar-refractivity contribution in [3.05, 3.63) is 39.8 Å². The Labute approximate surface area is 154 Å². The second-order valence-electron chi connectivity index (χ2n) is 6.10. The fourth-order valence-electron chi connectivity index (χ4n) is 2.70. The molecular formula is C17H24BrF4N3. The summed E-state index contributed by atoms with van der Waals surface area (Å²) >= 11 is 3.30. The number of hydrogen-bond acceptors (Lipinski definition) is 3. The number of aryl methyl sites for hydroxylation is 1. The minimum absolute atomic E-state index is 0.000482. The highest BCUT2D eigenvalue weighted by Gasteiger charge is 2.36. The van der Waals surface area contributed by atoms with E-state index in [0.29, 0.717) is 15.6 Å². The van der Waals surface area contributed by atoms with Gasteiger partial charge in [0.25, 0.3) is 0 Å². The molecule has 0 aromatic heterocycles. The largest absolute Gasteiger partial charge is 0.401 e. The van der Waals surface area contributed by atoms with Crippen LogP contribution in [0.4, 0.5) is 23.2 Å². The summed E-state index contributed by atoms with van der Waals surface area (Å²) in [5, 5.41) is 2.79. The molecule has 0 amide bonds. The smallest absolute Gasteiger partial charge is 0.396 e. The van der Waals surface area contributed by atoms with Crippen molar-refractivity contribution in [2.75, 3.05) is 19.3 Å². The van der Waals surface area contributed by atoms with E-state index in [2.05, 4.69) is 21.2 Å². The number of nitrogen functional groups attached to an aromatic ring is 1. The second-order valence-corrected chi connectivity index (χ2v) is 7.01. The highest BCUT2D eigenvalue weighted by Crippen LogP contribution is 2.28. The lowest BCUT2D eigenvalue weighted by molar-refractivity contribution is -0.153. The molecule has 1 unspecified atom stereocenters. The number of nitrogens with two attached hydrogens (primary N) is 1. The Hall–Kier alpha value is -1.28. The normalized spacial score (nSPS) is 15.4. The Morgan fingerprint density at radius 2 is 1.96 bits per heavy atom. The molecule has 0 aliphatic carbocycles. The first kappa shape index (κ1) is 21.8. The van der Waals surface area contributed by atoms with Crippen molar-refractivity contribution in [1.82, 2.24) is 10.2 Å². The van der Waals surface area contributed by atoms with Crippen molar-refractivity contribution >= 4 is 21.6 Å². The molecule has 0 saturated heterocycles. The van der Waals surface area contributed by atoms with E-state index < -0.39 is 30.6 Å². The van der Waals surface area contributed by atoms with Crippen molar-refractivity contribution < 1.29 is 17.6 Å². The molecule has 25 heavy (non-hydrogen) atoms. The molecule has 1 aromatic rings. The zero-order chi connectivity index (χ0) is 19.4. The SMILES string of the molecule is CN/C=C(/Br)C(C)N(CC(F)(F)F)[C@H](C)Cc1c(C)ccc(N)c1F. The summed E-state index contributed by atoms with van der Waals surface area (Å²) in [4.78, 5) is 1.29. The number of nitrogens with zero attached hydrogens (tertiary/aromatic N) is 1. The molecule has 0 fully saturated rings. The first-order chi connectivity index (χ1) is 11.5. The number of rotatable bonds is 7. The molecule has 142 valence electrons. The van der Waals surface area contributed by atoms with Crippen LogP contribution in [0.15, 0.2) is 22.8 Å². The highest BCUT2D eigenvalue weighted by molar-refractivity contribution is 9.11. The highest BCUT2D eigenvalue weighted by atomic mass is 79.9. The Morgan fingerprint density at radius 1 is 1.36 bits per heavy atom. The van der Waals surface area contributed by atoms with Crippen LogP contribution in [0.1, 0.15) is 25.0 Å². The average molecular weight is 426 g/mol. The van der Waals surface area contributed by atoms with Gasteiger partial charge in [-0.05, 0) is 44.4 Å². The van der Waals surface area contributed by atoms with E-state index >= 15 is 0 Å². The van der Waals surface area contributed by atoms with Crippen LogP contribution in [0.25, 0.3) is 0 Å². The maximum Gasteiger partial charge on any atom is 0.401 e. The van der Waals surface area contributed by atoms with Gasteiger partial charge in [-0.1, -0.05) is 22.0 Å². The average Bonchev–Trinajstić information content (AvgIpc) is 2.51. The number of nitrogens with one attached hydrogen (secondary N) is 1. The van der Waals surface area contributed by atoms with Crippen molar-refractivity contribution in [3.8, 4) is 0 Å². The minimum atomic E-state index is -4.36. The first-order valence-corrected chi connectivity index (χ1v) is 8.66. The van der Waals surface area contributed by atoms with Gasteiger partial charge in [0, 0.05) is 29.8 Å². The Bertz CT molecular complexity index is 617. The van der Waals surface area contributed by atoms with Gasteiger partial charge >= 0.3 is 6.18 Å². The zero-order valence-electron chi connectivity index (χ0n) is 14.7. The van der Waals surface area contributed by atoms with Gasteiger partial charge in [0.15, 0.2) is 0 Å². The fraction of sp³-hybridized carbons (Fsp3) is 0.529. The van der Waals surface area contributed by atoms with Crippen LogP contribution in [-0.2, 0) is 6.42 Å². The van der Waals surface area contributed by atoms with E-state index in [9.17, 15) is 17.6 Å². The molecule has 0 aliphatic rings. The molecule has 0 aliphatic heterocycles. The van der Waals surface area contributed by atoms with Crippen LogP contribution in [0.5, 0.6) is 0 Å². The monoisotopic (exact) mass is 425 g/mol. The topological polar surface area (TPSA) is 41.3 Å². The van der Waals surface area contributed by atoms with Gasteiger partial charge in [0.05, 0.1) is 12.2 Å².